The first-order valence-corrected chi connectivity index (χ1v) is 7.10. The molecule has 0 amide bonds. The fourth-order valence-corrected chi connectivity index (χ4v) is 2.36. The molecule has 4 heteroatoms. The van der Waals surface area contributed by atoms with Crippen LogP contribution in [0.25, 0.3) is 0 Å². The van der Waals surface area contributed by atoms with Crippen LogP contribution in [-0.4, -0.2) is 29.1 Å². The van der Waals surface area contributed by atoms with Gasteiger partial charge in [0.1, 0.15) is 0 Å². The third-order valence-corrected chi connectivity index (χ3v) is 3.93. The molecular formula is C14H22N4. The lowest BCUT2D eigenvalue weighted by Crippen LogP contribution is -2.34. The zero-order chi connectivity index (χ0) is 12.4. The van der Waals surface area contributed by atoms with Crippen LogP contribution in [0.3, 0.4) is 0 Å². The van der Waals surface area contributed by atoms with Gasteiger partial charge in [-0.3, -0.25) is 0 Å². The largest absolute Gasteiger partial charge is 0.341 e. The number of piperidine rings is 1. The first kappa shape index (κ1) is 11.9. The molecule has 2 aliphatic rings. The Kier molecular flexibility index (Phi) is 3.46. The van der Waals surface area contributed by atoms with Gasteiger partial charge in [0.05, 0.1) is 0 Å². The molecule has 0 bridgehead atoms. The van der Waals surface area contributed by atoms with Crippen molar-refractivity contribution in [2.45, 2.75) is 45.2 Å². The van der Waals surface area contributed by atoms with Gasteiger partial charge in [0, 0.05) is 43.6 Å². The molecule has 4 nitrogen and oxygen atoms in total. The van der Waals surface area contributed by atoms with Gasteiger partial charge in [0.25, 0.3) is 0 Å². The molecule has 0 spiro atoms. The van der Waals surface area contributed by atoms with E-state index < -0.39 is 0 Å². The number of aromatic nitrogens is 2. The molecule has 1 saturated carbocycles. The standard InChI is InChI=1S/C14H22N4/c1-11-4-6-18(7-5-11)14-16-9-12(10-17-14)8-15-13-2-3-13/h9-11,13,15H,2-8H2,1H3. The zero-order valence-corrected chi connectivity index (χ0v) is 11.1. The number of hydrogen-bond donors (Lipinski definition) is 1. The molecule has 3 rings (SSSR count). The van der Waals surface area contributed by atoms with Crippen molar-refractivity contribution in [3.8, 4) is 0 Å². The number of rotatable bonds is 4. The smallest absolute Gasteiger partial charge is 0.225 e. The molecular weight excluding hydrogens is 224 g/mol. The molecule has 0 aromatic carbocycles. The van der Waals surface area contributed by atoms with Crippen molar-refractivity contribution in [3.63, 3.8) is 0 Å². The van der Waals surface area contributed by atoms with Crippen LogP contribution in [-0.2, 0) is 6.54 Å². The van der Waals surface area contributed by atoms with E-state index in [4.69, 9.17) is 0 Å². The molecule has 1 aliphatic carbocycles. The summed E-state index contributed by atoms with van der Waals surface area (Å²) in [5.41, 5.74) is 1.19. The van der Waals surface area contributed by atoms with Crippen LogP contribution in [0.4, 0.5) is 5.95 Å². The quantitative estimate of drug-likeness (QED) is 0.882. The van der Waals surface area contributed by atoms with E-state index in [9.17, 15) is 0 Å². The van der Waals surface area contributed by atoms with E-state index in [0.717, 1.165) is 37.5 Å². The average Bonchev–Trinajstić information content (AvgIpc) is 3.22. The van der Waals surface area contributed by atoms with Crippen molar-refractivity contribution in [3.05, 3.63) is 18.0 Å². The summed E-state index contributed by atoms with van der Waals surface area (Å²) in [6.07, 6.45) is 9.10. The van der Waals surface area contributed by atoms with Gasteiger partial charge in [0.15, 0.2) is 0 Å². The Balaban J connectivity index is 1.56. The van der Waals surface area contributed by atoms with Gasteiger partial charge >= 0.3 is 0 Å². The van der Waals surface area contributed by atoms with Gasteiger partial charge in [-0.05, 0) is 31.6 Å². The van der Waals surface area contributed by atoms with Gasteiger partial charge in [-0.2, -0.15) is 0 Å². The Morgan fingerprint density at radius 2 is 1.83 bits per heavy atom. The minimum absolute atomic E-state index is 0.744. The maximum atomic E-state index is 4.50. The van der Waals surface area contributed by atoms with Gasteiger partial charge in [0.2, 0.25) is 5.95 Å². The van der Waals surface area contributed by atoms with Crippen LogP contribution in [0, 0.1) is 5.92 Å². The Bertz CT molecular complexity index is 377. The predicted molar refractivity (Wildman–Crippen MR) is 72.5 cm³/mol. The second-order valence-corrected chi connectivity index (χ2v) is 5.72. The molecule has 1 aliphatic heterocycles. The lowest BCUT2D eigenvalue weighted by molar-refractivity contribution is 0.434. The highest BCUT2D eigenvalue weighted by molar-refractivity contribution is 5.30. The molecule has 0 atom stereocenters. The molecule has 1 N–H and O–H groups in total. The summed E-state index contributed by atoms with van der Waals surface area (Å²) in [6, 6.07) is 0.744. The average molecular weight is 246 g/mol. The Hall–Kier alpha value is -1.16. The van der Waals surface area contributed by atoms with Gasteiger partial charge < -0.3 is 10.2 Å². The minimum Gasteiger partial charge on any atom is -0.341 e. The fraction of sp³-hybridized carbons (Fsp3) is 0.714. The highest BCUT2D eigenvalue weighted by Gasteiger charge is 2.20. The Labute approximate surface area is 109 Å². The summed E-state index contributed by atoms with van der Waals surface area (Å²) in [4.78, 5) is 11.3. The molecule has 1 aromatic rings. The third-order valence-electron chi connectivity index (χ3n) is 3.93. The van der Waals surface area contributed by atoms with Crippen molar-refractivity contribution < 1.29 is 0 Å². The first-order valence-electron chi connectivity index (χ1n) is 7.10. The second kappa shape index (κ2) is 5.22. The number of anilines is 1. The topological polar surface area (TPSA) is 41.1 Å². The van der Waals surface area contributed by atoms with Crippen molar-refractivity contribution >= 4 is 5.95 Å². The molecule has 1 aromatic heterocycles. The molecule has 1 saturated heterocycles. The number of hydrogen-bond acceptors (Lipinski definition) is 4. The van der Waals surface area contributed by atoms with E-state index in [2.05, 4.69) is 27.1 Å². The second-order valence-electron chi connectivity index (χ2n) is 5.72. The molecule has 18 heavy (non-hydrogen) atoms. The molecule has 0 unspecified atom stereocenters. The van der Waals surface area contributed by atoms with Crippen LogP contribution in [0.2, 0.25) is 0 Å². The Morgan fingerprint density at radius 3 is 2.44 bits per heavy atom. The predicted octanol–water partition coefficient (Wildman–Crippen LogP) is 1.96. The maximum absolute atomic E-state index is 4.50. The van der Waals surface area contributed by atoms with E-state index >= 15 is 0 Å². The van der Waals surface area contributed by atoms with E-state index in [0.29, 0.717) is 0 Å². The summed E-state index contributed by atoms with van der Waals surface area (Å²) < 4.78 is 0. The van der Waals surface area contributed by atoms with Crippen molar-refractivity contribution in [2.75, 3.05) is 18.0 Å². The monoisotopic (exact) mass is 246 g/mol. The minimum atomic E-state index is 0.744. The highest BCUT2D eigenvalue weighted by Crippen LogP contribution is 2.20. The number of nitrogens with zero attached hydrogens (tertiary/aromatic N) is 3. The van der Waals surface area contributed by atoms with Crippen LogP contribution in [0.1, 0.15) is 38.2 Å². The summed E-state index contributed by atoms with van der Waals surface area (Å²) >= 11 is 0. The summed E-state index contributed by atoms with van der Waals surface area (Å²) in [5.74, 6) is 1.75. The third kappa shape index (κ3) is 2.99. The van der Waals surface area contributed by atoms with Crippen LogP contribution in [0.15, 0.2) is 12.4 Å². The van der Waals surface area contributed by atoms with Crippen molar-refractivity contribution in [1.29, 1.82) is 0 Å². The Morgan fingerprint density at radius 1 is 1.17 bits per heavy atom. The summed E-state index contributed by atoms with van der Waals surface area (Å²) in [6.45, 7) is 5.43. The van der Waals surface area contributed by atoms with E-state index in [1.54, 1.807) is 0 Å². The van der Waals surface area contributed by atoms with E-state index in [-0.39, 0.29) is 0 Å². The fourth-order valence-electron chi connectivity index (χ4n) is 2.36. The van der Waals surface area contributed by atoms with Gasteiger partial charge in [-0.1, -0.05) is 6.92 Å². The van der Waals surface area contributed by atoms with E-state index in [1.807, 2.05) is 12.4 Å². The summed E-state index contributed by atoms with van der Waals surface area (Å²) in [7, 11) is 0. The maximum Gasteiger partial charge on any atom is 0.225 e. The first-order chi connectivity index (χ1) is 8.81. The van der Waals surface area contributed by atoms with Crippen molar-refractivity contribution in [2.24, 2.45) is 5.92 Å². The van der Waals surface area contributed by atoms with Crippen LogP contribution in [0.5, 0.6) is 0 Å². The van der Waals surface area contributed by atoms with Crippen LogP contribution < -0.4 is 10.2 Å². The van der Waals surface area contributed by atoms with Gasteiger partial charge in [-0.15, -0.1) is 0 Å². The number of nitrogens with one attached hydrogen (secondary N) is 1. The summed E-state index contributed by atoms with van der Waals surface area (Å²) in [5, 5.41) is 3.48. The highest BCUT2D eigenvalue weighted by atomic mass is 15.2. The zero-order valence-electron chi connectivity index (χ0n) is 11.1. The molecule has 0 radical (unpaired) electrons. The molecule has 2 fully saturated rings. The SMILES string of the molecule is CC1CCN(c2ncc(CNC3CC3)cn2)CC1. The molecule has 2 heterocycles. The lowest BCUT2D eigenvalue weighted by atomic mass is 10.00. The van der Waals surface area contributed by atoms with Crippen molar-refractivity contribution in [1.82, 2.24) is 15.3 Å². The van der Waals surface area contributed by atoms with Gasteiger partial charge in [-0.25, -0.2) is 9.97 Å². The van der Waals surface area contributed by atoms with Crippen LogP contribution >= 0.6 is 0 Å². The lowest BCUT2D eigenvalue weighted by Gasteiger charge is -2.30. The normalized spacial score (nSPS) is 21.3. The molecule has 98 valence electrons. The van der Waals surface area contributed by atoms with E-state index in [1.165, 1.54) is 31.2 Å².